The van der Waals surface area contributed by atoms with Gasteiger partial charge in [-0.25, -0.2) is 0 Å². The van der Waals surface area contributed by atoms with Crippen molar-refractivity contribution < 1.29 is 0 Å². The second-order valence-corrected chi connectivity index (χ2v) is 5.95. The molecule has 0 aliphatic heterocycles. The Balaban J connectivity index is 0.00000400. The van der Waals surface area contributed by atoms with E-state index in [4.69, 9.17) is 0 Å². The largest absolute Gasteiger partial charge is 0.355 e. The Bertz CT molecular complexity index is 412. The first-order chi connectivity index (χ1) is 9.42. The van der Waals surface area contributed by atoms with Crippen LogP contribution in [0.15, 0.2) is 35.3 Å². The van der Waals surface area contributed by atoms with Gasteiger partial charge in [0.2, 0.25) is 0 Å². The zero-order valence-electron chi connectivity index (χ0n) is 13.7. The molecule has 1 rings (SSSR count). The van der Waals surface area contributed by atoms with E-state index in [1.807, 2.05) is 6.07 Å². The molecule has 5 heteroatoms. The Hall–Kier alpha value is -0.820. The summed E-state index contributed by atoms with van der Waals surface area (Å²) in [6, 6.07) is 10.6. The molecule has 0 heterocycles. The van der Waals surface area contributed by atoms with Gasteiger partial charge in [-0.15, -0.1) is 24.0 Å². The van der Waals surface area contributed by atoms with Gasteiger partial charge in [-0.3, -0.25) is 4.99 Å². The highest BCUT2D eigenvalue weighted by Gasteiger charge is 2.09. The van der Waals surface area contributed by atoms with E-state index < -0.39 is 0 Å². The van der Waals surface area contributed by atoms with Crippen LogP contribution in [0.25, 0.3) is 0 Å². The number of guanidine groups is 1. The highest BCUT2D eigenvalue weighted by molar-refractivity contribution is 14.0. The van der Waals surface area contributed by atoms with Crippen LogP contribution in [0.4, 0.5) is 0 Å². The summed E-state index contributed by atoms with van der Waals surface area (Å²) in [5.41, 5.74) is 1.40. The lowest BCUT2D eigenvalue weighted by atomic mass is 10.1. The van der Waals surface area contributed by atoms with Crippen LogP contribution in [0, 0.1) is 0 Å². The van der Waals surface area contributed by atoms with Crippen LogP contribution in [0.3, 0.4) is 0 Å². The van der Waals surface area contributed by atoms with Gasteiger partial charge in [0.15, 0.2) is 5.96 Å². The van der Waals surface area contributed by atoms with Gasteiger partial charge in [-0.2, -0.15) is 0 Å². The van der Waals surface area contributed by atoms with Crippen molar-refractivity contribution in [2.24, 2.45) is 4.99 Å². The van der Waals surface area contributed by atoms with E-state index in [-0.39, 0.29) is 35.6 Å². The Kier molecular flexibility index (Phi) is 9.61. The third kappa shape index (κ3) is 8.93. The van der Waals surface area contributed by atoms with E-state index in [2.05, 4.69) is 72.9 Å². The molecule has 0 spiro atoms. The molecule has 21 heavy (non-hydrogen) atoms. The van der Waals surface area contributed by atoms with E-state index in [1.54, 1.807) is 7.05 Å². The first kappa shape index (κ1) is 20.2. The Morgan fingerprint density at radius 2 is 1.76 bits per heavy atom. The van der Waals surface area contributed by atoms with Crippen molar-refractivity contribution in [1.29, 1.82) is 0 Å². The van der Waals surface area contributed by atoms with Crippen molar-refractivity contribution >= 4 is 29.9 Å². The summed E-state index contributed by atoms with van der Waals surface area (Å²) in [7, 11) is 1.80. The fourth-order valence-electron chi connectivity index (χ4n) is 1.84. The van der Waals surface area contributed by atoms with Crippen LogP contribution >= 0.6 is 24.0 Å². The fraction of sp³-hybridized carbons (Fsp3) is 0.562. The molecule has 4 nitrogen and oxygen atoms in total. The Labute approximate surface area is 146 Å². The molecule has 1 aromatic carbocycles. The van der Waals surface area contributed by atoms with Crippen LogP contribution in [0.5, 0.6) is 0 Å². The van der Waals surface area contributed by atoms with Crippen molar-refractivity contribution in [3.63, 3.8) is 0 Å². The zero-order valence-corrected chi connectivity index (χ0v) is 16.1. The molecule has 0 aliphatic carbocycles. The van der Waals surface area contributed by atoms with Crippen LogP contribution in [0.1, 0.15) is 39.3 Å². The molecule has 0 radical (unpaired) electrons. The summed E-state index contributed by atoms with van der Waals surface area (Å²) < 4.78 is 0. The molecule has 1 atom stereocenters. The average Bonchev–Trinajstić information content (AvgIpc) is 2.42. The topological polar surface area (TPSA) is 48.5 Å². The van der Waals surface area contributed by atoms with Crippen molar-refractivity contribution in [3.8, 4) is 0 Å². The molecule has 0 fully saturated rings. The van der Waals surface area contributed by atoms with Crippen LogP contribution in [-0.4, -0.2) is 31.6 Å². The molecule has 120 valence electrons. The summed E-state index contributed by atoms with van der Waals surface area (Å²) in [5.74, 6) is 0.831. The minimum atomic E-state index is 0. The molecule has 0 amide bonds. The monoisotopic (exact) mass is 404 g/mol. The van der Waals surface area contributed by atoms with E-state index in [1.165, 1.54) is 5.56 Å². The highest BCUT2D eigenvalue weighted by atomic mass is 127. The summed E-state index contributed by atoms with van der Waals surface area (Å²) in [6.45, 7) is 10.4. The Morgan fingerprint density at radius 1 is 1.14 bits per heavy atom. The standard InChI is InChI=1S/C16H28N4.HI/c1-13(14-9-7-6-8-10-14)20-15(17-5)18-11-12-19-16(2,3)4;/h6-10,13,19H,11-12H2,1-5H3,(H2,17,18,20);1H. The molecule has 0 aliphatic rings. The molecule has 3 N–H and O–H groups in total. The second kappa shape index (κ2) is 10.00. The van der Waals surface area contributed by atoms with Gasteiger partial charge >= 0.3 is 0 Å². The van der Waals surface area contributed by atoms with Gasteiger partial charge in [-0.1, -0.05) is 30.3 Å². The zero-order chi connectivity index (χ0) is 15.0. The number of halogens is 1. The van der Waals surface area contributed by atoms with Crippen LogP contribution in [-0.2, 0) is 0 Å². The lowest BCUT2D eigenvalue weighted by Crippen LogP contribution is -2.45. The van der Waals surface area contributed by atoms with E-state index in [0.29, 0.717) is 0 Å². The normalized spacial score (nSPS) is 13.3. The summed E-state index contributed by atoms with van der Waals surface area (Å²) >= 11 is 0. The summed E-state index contributed by atoms with van der Waals surface area (Å²) in [5, 5.41) is 10.2. The number of nitrogens with zero attached hydrogens (tertiary/aromatic N) is 1. The van der Waals surface area contributed by atoms with E-state index in [0.717, 1.165) is 19.0 Å². The third-order valence-corrected chi connectivity index (χ3v) is 2.95. The van der Waals surface area contributed by atoms with Crippen LogP contribution in [0.2, 0.25) is 0 Å². The van der Waals surface area contributed by atoms with Crippen molar-refractivity contribution in [2.75, 3.05) is 20.1 Å². The molecule has 0 saturated heterocycles. The quantitative estimate of drug-likeness (QED) is 0.306. The molecule has 1 unspecified atom stereocenters. The molecule has 0 aromatic heterocycles. The highest BCUT2D eigenvalue weighted by Crippen LogP contribution is 2.10. The smallest absolute Gasteiger partial charge is 0.191 e. The number of benzene rings is 1. The van der Waals surface area contributed by atoms with Gasteiger partial charge in [-0.05, 0) is 33.3 Å². The molecular weight excluding hydrogens is 375 g/mol. The van der Waals surface area contributed by atoms with Gasteiger partial charge in [0.1, 0.15) is 0 Å². The number of rotatable bonds is 5. The maximum Gasteiger partial charge on any atom is 0.191 e. The molecule has 0 bridgehead atoms. The SMILES string of the molecule is CN=C(NCCNC(C)(C)C)NC(C)c1ccccc1.I. The number of nitrogens with one attached hydrogen (secondary N) is 3. The minimum Gasteiger partial charge on any atom is -0.355 e. The van der Waals surface area contributed by atoms with Gasteiger partial charge in [0.25, 0.3) is 0 Å². The van der Waals surface area contributed by atoms with Crippen molar-refractivity contribution in [1.82, 2.24) is 16.0 Å². The fourth-order valence-corrected chi connectivity index (χ4v) is 1.84. The van der Waals surface area contributed by atoms with Gasteiger partial charge < -0.3 is 16.0 Å². The molecule has 1 aromatic rings. The predicted molar refractivity (Wildman–Crippen MR) is 103 cm³/mol. The van der Waals surface area contributed by atoms with Crippen LogP contribution < -0.4 is 16.0 Å². The molecule has 0 saturated carbocycles. The average molecular weight is 404 g/mol. The number of hydrogen-bond acceptors (Lipinski definition) is 2. The van der Waals surface area contributed by atoms with Gasteiger partial charge in [0.05, 0.1) is 6.04 Å². The predicted octanol–water partition coefficient (Wildman–Crippen LogP) is 2.92. The first-order valence-electron chi connectivity index (χ1n) is 7.19. The second-order valence-electron chi connectivity index (χ2n) is 5.95. The maximum absolute atomic E-state index is 4.25. The third-order valence-electron chi connectivity index (χ3n) is 2.95. The summed E-state index contributed by atoms with van der Waals surface area (Å²) in [4.78, 5) is 4.25. The number of aliphatic imine (C=N–C) groups is 1. The Morgan fingerprint density at radius 3 is 2.29 bits per heavy atom. The van der Waals surface area contributed by atoms with E-state index in [9.17, 15) is 0 Å². The molecular formula is C16H29IN4. The van der Waals surface area contributed by atoms with E-state index >= 15 is 0 Å². The lowest BCUT2D eigenvalue weighted by molar-refractivity contribution is 0.428. The minimum absolute atomic E-state index is 0. The maximum atomic E-state index is 4.25. The first-order valence-corrected chi connectivity index (χ1v) is 7.19. The lowest BCUT2D eigenvalue weighted by Gasteiger charge is -2.22. The number of hydrogen-bond donors (Lipinski definition) is 3. The summed E-state index contributed by atoms with van der Waals surface area (Å²) in [6.07, 6.45) is 0. The van der Waals surface area contributed by atoms with Crippen molar-refractivity contribution in [2.45, 2.75) is 39.3 Å². The van der Waals surface area contributed by atoms with Crippen molar-refractivity contribution in [3.05, 3.63) is 35.9 Å². The van der Waals surface area contributed by atoms with Gasteiger partial charge in [0, 0.05) is 25.7 Å².